The summed E-state index contributed by atoms with van der Waals surface area (Å²) in [6.45, 7) is 1.93. The van der Waals surface area contributed by atoms with Crippen LogP contribution in [0.3, 0.4) is 0 Å². The highest BCUT2D eigenvalue weighted by atomic mass is 32.2. The molecule has 0 radical (unpaired) electrons. The number of aromatic nitrogens is 1. The van der Waals surface area contributed by atoms with Crippen LogP contribution in [0.25, 0.3) is 5.52 Å². The van der Waals surface area contributed by atoms with Crippen LogP contribution in [-0.4, -0.2) is 10.7 Å². The largest absolute Gasteiger partial charge is 0.303 e. The van der Waals surface area contributed by atoms with Crippen LogP contribution in [0.5, 0.6) is 0 Å². The Morgan fingerprint density at radius 2 is 2.00 bits per heavy atom. The Hall–Kier alpha value is -1.91. The summed E-state index contributed by atoms with van der Waals surface area (Å²) in [5.74, 6) is 0. The first-order valence-corrected chi connectivity index (χ1v) is 5.95. The second-order valence-electron chi connectivity index (χ2n) is 3.37. The molecule has 0 aliphatic carbocycles. The van der Waals surface area contributed by atoms with E-state index in [2.05, 4.69) is 12.1 Å². The van der Waals surface area contributed by atoms with Gasteiger partial charge in [-0.15, -0.1) is 11.8 Å². The van der Waals surface area contributed by atoms with Crippen molar-refractivity contribution in [3.63, 3.8) is 0 Å². The van der Waals surface area contributed by atoms with Crippen molar-refractivity contribution in [2.75, 3.05) is 6.26 Å². The molecule has 2 aromatic rings. The minimum atomic E-state index is 0.553. The van der Waals surface area contributed by atoms with Gasteiger partial charge in [0, 0.05) is 5.69 Å². The molecule has 0 aliphatic rings. The van der Waals surface area contributed by atoms with Crippen LogP contribution in [0.15, 0.2) is 23.1 Å². The van der Waals surface area contributed by atoms with Gasteiger partial charge in [0.15, 0.2) is 0 Å². The average molecular weight is 227 g/mol. The SMILES string of the molecule is CSc1c(C#N)c2cccc(C)n2c1C#N. The fourth-order valence-electron chi connectivity index (χ4n) is 1.85. The molecule has 0 amide bonds. The molecule has 4 heteroatoms. The van der Waals surface area contributed by atoms with Crippen LogP contribution in [0.4, 0.5) is 0 Å². The van der Waals surface area contributed by atoms with Crippen molar-refractivity contribution in [2.45, 2.75) is 11.8 Å². The Balaban J connectivity index is 3.05. The second-order valence-corrected chi connectivity index (χ2v) is 4.18. The first-order chi connectivity index (χ1) is 7.74. The number of nitriles is 2. The van der Waals surface area contributed by atoms with E-state index in [9.17, 15) is 5.26 Å². The van der Waals surface area contributed by atoms with Crippen LogP contribution in [0.2, 0.25) is 0 Å². The Bertz CT molecular complexity index is 641. The molecular formula is C12H9N3S. The fraction of sp³-hybridized carbons (Fsp3) is 0.167. The van der Waals surface area contributed by atoms with Gasteiger partial charge in [0.1, 0.15) is 17.8 Å². The van der Waals surface area contributed by atoms with Gasteiger partial charge in [-0.05, 0) is 25.3 Å². The molecule has 0 saturated carbocycles. The van der Waals surface area contributed by atoms with E-state index in [-0.39, 0.29) is 0 Å². The van der Waals surface area contributed by atoms with E-state index in [1.54, 1.807) is 0 Å². The van der Waals surface area contributed by atoms with Crippen molar-refractivity contribution in [3.8, 4) is 12.1 Å². The van der Waals surface area contributed by atoms with Gasteiger partial charge >= 0.3 is 0 Å². The second kappa shape index (κ2) is 3.92. The molecule has 2 heterocycles. The third kappa shape index (κ3) is 1.28. The van der Waals surface area contributed by atoms with Crippen LogP contribution in [-0.2, 0) is 0 Å². The van der Waals surface area contributed by atoms with E-state index in [4.69, 9.17) is 5.26 Å². The highest BCUT2D eigenvalue weighted by Crippen LogP contribution is 2.30. The molecule has 0 aromatic carbocycles. The third-order valence-corrected chi connectivity index (χ3v) is 3.33. The van der Waals surface area contributed by atoms with Crippen LogP contribution in [0, 0.1) is 29.6 Å². The molecule has 0 N–H and O–H groups in total. The van der Waals surface area contributed by atoms with E-state index in [1.807, 2.05) is 35.8 Å². The van der Waals surface area contributed by atoms with Crippen molar-refractivity contribution >= 4 is 17.3 Å². The topological polar surface area (TPSA) is 52.0 Å². The normalized spacial score (nSPS) is 10.0. The molecule has 0 spiro atoms. The summed E-state index contributed by atoms with van der Waals surface area (Å²) in [6.07, 6.45) is 1.88. The van der Waals surface area contributed by atoms with Gasteiger partial charge in [0.05, 0.1) is 16.0 Å². The minimum Gasteiger partial charge on any atom is -0.303 e. The summed E-state index contributed by atoms with van der Waals surface area (Å²) in [7, 11) is 0. The lowest BCUT2D eigenvalue weighted by atomic mass is 10.2. The van der Waals surface area contributed by atoms with Gasteiger partial charge in [-0.1, -0.05) is 6.07 Å². The van der Waals surface area contributed by atoms with Gasteiger partial charge in [-0.2, -0.15) is 10.5 Å². The number of hydrogen-bond acceptors (Lipinski definition) is 3. The Morgan fingerprint density at radius 3 is 2.56 bits per heavy atom. The third-order valence-electron chi connectivity index (χ3n) is 2.53. The lowest BCUT2D eigenvalue weighted by Crippen LogP contribution is -1.93. The maximum Gasteiger partial charge on any atom is 0.140 e. The maximum absolute atomic E-state index is 9.19. The van der Waals surface area contributed by atoms with Crippen molar-refractivity contribution in [1.82, 2.24) is 4.40 Å². The molecule has 2 aromatic heterocycles. The van der Waals surface area contributed by atoms with Crippen LogP contribution < -0.4 is 0 Å². The number of hydrogen-bond donors (Lipinski definition) is 0. The van der Waals surface area contributed by atoms with Crippen molar-refractivity contribution < 1.29 is 0 Å². The van der Waals surface area contributed by atoms with Crippen molar-refractivity contribution in [3.05, 3.63) is 35.2 Å². The van der Waals surface area contributed by atoms with Crippen LogP contribution >= 0.6 is 11.8 Å². The smallest absolute Gasteiger partial charge is 0.140 e. The number of nitrogens with zero attached hydrogens (tertiary/aromatic N) is 3. The molecule has 2 rings (SSSR count). The minimum absolute atomic E-state index is 0.553. The van der Waals surface area contributed by atoms with E-state index in [0.717, 1.165) is 16.1 Å². The summed E-state index contributed by atoms with van der Waals surface area (Å²) in [5, 5.41) is 18.3. The zero-order valence-corrected chi connectivity index (χ0v) is 9.80. The molecule has 0 fully saturated rings. The molecule has 16 heavy (non-hydrogen) atoms. The van der Waals surface area contributed by atoms with E-state index in [0.29, 0.717) is 11.3 Å². The average Bonchev–Trinajstić information content (AvgIpc) is 2.62. The molecule has 3 nitrogen and oxygen atoms in total. The number of fused-ring (bicyclic) bond motifs is 1. The van der Waals surface area contributed by atoms with Crippen molar-refractivity contribution in [2.24, 2.45) is 0 Å². The first-order valence-electron chi connectivity index (χ1n) is 4.72. The first kappa shape index (κ1) is 10.6. The monoisotopic (exact) mass is 227 g/mol. The zero-order chi connectivity index (χ0) is 11.7. The fourth-order valence-corrected chi connectivity index (χ4v) is 2.54. The molecule has 0 atom stereocenters. The Kier molecular flexibility index (Phi) is 2.60. The summed E-state index contributed by atoms with van der Waals surface area (Å²) < 4.78 is 1.84. The van der Waals surface area contributed by atoms with Gasteiger partial charge < -0.3 is 4.40 Å². The zero-order valence-electron chi connectivity index (χ0n) is 8.98. The van der Waals surface area contributed by atoms with Gasteiger partial charge in [0.2, 0.25) is 0 Å². The predicted molar refractivity (Wildman–Crippen MR) is 63.3 cm³/mol. The molecule has 0 aliphatic heterocycles. The number of thioether (sulfide) groups is 1. The van der Waals surface area contributed by atoms with E-state index < -0.39 is 0 Å². The van der Waals surface area contributed by atoms with E-state index in [1.165, 1.54) is 11.8 Å². The van der Waals surface area contributed by atoms with E-state index >= 15 is 0 Å². The number of rotatable bonds is 1. The molecule has 0 bridgehead atoms. The highest BCUT2D eigenvalue weighted by molar-refractivity contribution is 7.98. The Morgan fingerprint density at radius 1 is 1.25 bits per heavy atom. The maximum atomic E-state index is 9.19. The van der Waals surface area contributed by atoms with Gasteiger partial charge in [-0.3, -0.25) is 0 Å². The lowest BCUT2D eigenvalue weighted by molar-refractivity contribution is 1.06. The molecule has 0 saturated heterocycles. The lowest BCUT2D eigenvalue weighted by Gasteiger charge is -2.00. The number of aryl methyl sites for hydroxylation is 1. The standard InChI is InChI=1S/C12H9N3S/c1-8-4-3-5-10-9(6-13)12(16-2)11(7-14)15(8)10/h3-5H,1-2H3. The Labute approximate surface area is 97.9 Å². The van der Waals surface area contributed by atoms with Gasteiger partial charge in [0.25, 0.3) is 0 Å². The summed E-state index contributed by atoms with van der Waals surface area (Å²) in [5.41, 5.74) is 2.92. The number of pyridine rings is 1. The molecular weight excluding hydrogens is 218 g/mol. The summed E-state index contributed by atoms with van der Waals surface area (Å²) >= 11 is 1.44. The highest BCUT2D eigenvalue weighted by Gasteiger charge is 2.17. The summed E-state index contributed by atoms with van der Waals surface area (Å²) in [4.78, 5) is 0.763. The summed E-state index contributed by atoms with van der Waals surface area (Å²) in [6, 6.07) is 10.1. The quantitative estimate of drug-likeness (QED) is 0.704. The van der Waals surface area contributed by atoms with Crippen molar-refractivity contribution in [1.29, 1.82) is 10.5 Å². The van der Waals surface area contributed by atoms with Gasteiger partial charge in [-0.25, -0.2) is 0 Å². The molecule has 0 unspecified atom stereocenters. The molecule has 78 valence electrons. The van der Waals surface area contributed by atoms with Crippen LogP contribution in [0.1, 0.15) is 17.0 Å². The predicted octanol–water partition coefficient (Wildman–Crippen LogP) is 2.71.